The normalized spacial score (nSPS) is 26.3. The number of amides is 1. The third-order valence-corrected chi connectivity index (χ3v) is 5.97. The first kappa shape index (κ1) is 13.5. The lowest BCUT2D eigenvalue weighted by Gasteiger charge is -2.23. The van der Waals surface area contributed by atoms with Gasteiger partial charge < -0.3 is 11.1 Å². The van der Waals surface area contributed by atoms with Crippen LogP contribution in [0, 0.1) is 0 Å². The van der Waals surface area contributed by atoms with Crippen LogP contribution in [0.1, 0.15) is 28.6 Å². The highest BCUT2D eigenvalue weighted by Crippen LogP contribution is 2.24. The average molecular weight is 288 g/mol. The second-order valence-electron chi connectivity index (χ2n) is 4.92. The molecular formula is C11H16N2O3S2. The largest absolute Gasteiger partial charge is 0.366 e. The summed E-state index contributed by atoms with van der Waals surface area (Å²) in [6.07, 6.45) is 0.628. The van der Waals surface area contributed by atoms with Crippen LogP contribution >= 0.6 is 11.3 Å². The van der Waals surface area contributed by atoms with Crippen molar-refractivity contribution in [2.24, 2.45) is 5.73 Å². The summed E-state index contributed by atoms with van der Waals surface area (Å²) in [4.78, 5) is 11.9. The highest BCUT2D eigenvalue weighted by Gasteiger charge is 2.37. The van der Waals surface area contributed by atoms with Gasteiger partial charge in [-0.15, -0.1) is 11.3 Å². The van der Waals surface area contributed by atoms with E-state index in [1.54, 1.807) is 11.4 Å². The molecule has 0 saturated carbocycles. The molecule has 1 fully saturated rings. The zero-order chi connectivity index (χ0) is 13.4. The van der Waals surface area contributed by atoms with Crippen LogP contribution < -0.4 is 11.1 Å². The first-order valence-corrected chi connectivity index (χ1v) is 8.32. The number of nitrogens with one attached hydrogen (secondary N) is 1. The van der Waals surface area contributed by atoms with Gasteiger partial charge in [-0.2, -0.15) is 0 Å². The summed E-state index contributed by atoms with van der Waals surface area (Å²) in [6.45, 7) is 2.48. The van der Waals surface area contributed by atoms with E-state index in [0.29, 0.717) is 18.5 Å². The first-order chi connectivity index (χ1) is 8.30. The van der Waals surface area contributed by atoms with E-state index in [1.807, 2.05) is 6.92 Å². The summed E-state index contributed by atoms with van der Waals surface area (Å²) >= 11 is 1.45. The predicted octanol–water partition coefficient (Wildman–Crippen LogP) is 0.514. The van der Waals surface area contributed by atoms with Gasteiger partial charge in [0.05, 0.1) is 17.1 Å². The van der Waals surface area contributed by atoms with Crippen LogP contribution in [0.15, 0.2) is 11.4 Å². The summed E-state index contributed by atoms with van der Waals surface area (Å²) < 4.78 is 22.9. The van der Waals surface area contributed by atoms with E-state index in [-0.39, 0.29) is 17.0 Å². The molecule has 1 atom stereocenters. The van der Waals surface area contributed by atoms with Gasteiger partial charge in [0.25, 0.3) is 0 Å². The fourth-order valence-electron chi connectivity index (χ4n) is 2.05. The summed E-state index contributed by atoms with van der Waals surface area (Å²) in [7, 11) is -2.90. The molecule has 0 bridgehead atoms. The van der Waals surface area contributed by atoms with Crippen molar-refractivity contribution in [3.8, 4) is 0 Å². The highest BCUT2D eigenvalue weighted by atomic mass is 32.2. The van der Waals surface area contributed by atoms with Crippen LogP contribution in [0.4, 0.5) is 0 Å². The third kappa shape index (κ3) is 3.09. The molecule has 100 valence electrons. The van der Waals surface area contributed by atoms with Crippen molar-refractivity contribution in [3.63, 3.8) is 0 Å². The van der Waals surface area contributed by atoms with Crippen molar-refractivity contribution in [2.45, 2.75) is 25.4 Å². The van der Waals surface area contributed by atoms with Gasteiger partial charge >= 0.3 is 0 Å². The van der Waals surface area contributed by atoms with Crippen molar-refractivity contribution in [3.05, 3.63) is 21.9 Å². The van der Waals surface area contributed by atoms with Gasteiger partial charge in [-0.25, -0.2) is 8.42 Å². The van der Waals surface area contributed by atoms with Gasteiger partial charge in [0.15, 0.2) is 9.84 Å². The number of sulfone groups is 1. The van der Waals surface area contributed by atoms with E-state index in [0.717, 1.165) is 4.88 Å². The number of hydrogen-bond donors (Lipinski definition) is 2. The Morgan fingerprint density at radius 2 is 2.33 bits per heavy atom. The van der Waals surface area contributed by atoms with Crippen LogP contribution in [0.2, 0.25) is 0 Å². The molecule has 1 aliphatic heterocycles. The van der Waals surface area contributed by atoms with Crippen molar-refractivity contribution < 1.29 is 13.2 Å². The van der Waals surface area contributed by atoms with Crippen LogP contribution in [0.25, 0.3) is 0 Å². The molecule has 7 heteroatoms. The van der Waals surface area contributed by atoms with Crippen LogP contribution in [0.5, 0.6) is 0 Å². The van der Waals surface area contributed by atoms with E-state index in [4.69, 9.17) is 5.73 Å². The molecule has 1 aliphatic rings. The summed E-state index contributed by atoms with van der Waals surface area (Å²) in [5.41, 5.74) is 5.31. The zero-order valence-electron chi connectivity index (χ0n) is 10.1. The maximum absolute atomic E-state index is 11.5. The fourth-order valence-corrected chi connectivity index (χ4v) is 4.99. The Balaban J connectivity index is 1.97. The molecule has 18 heavy (non-hydrogen) atoms. The van der Waals surface area contributed by atoms with Crippen molar-refractivity contribution in [2.75, 3.05) is 11.5 Å². The number of hydrogen-bond acceptors (Lipinski definition) is 5. The molecule has 1 aromatic rings. The Labute approximate surface area is 110 Å². The molecular weight excluding hydrogens is 272 g/mol. The van der Waals surface area contributed by atoms with Crippen molar-refractivity contribution >= 4 is 27.1 Å². The topological polar surface area (TPSA) is 89.3 Å². The van der Waals surface area contributed by atoms with Gasteiger partial charge in [0.1, 0.15) is 0 Å². The highest BCUT2D eigenvalue weighted by molar-refractivity contribution is 7.91. The van der Waals surface area contributed by atoms with Gasteiger partial charge in [-0.05, 0) is 19.4 Å². The number of rotatable bonds is 4. The van der Waals surface area contributed by atoms with E-state index in [1.165, 1.54) is 11.3 Å². The van der Waals surface area contributed by atoms with Gasteiger partial charge in [0.2, 0.25) is 5.91 Å². The Bertz CT molecular complexity index is 565. The Hall–Kier alpha value is -0.920. The van der Waals surface area contributed by atoms with Crippen LogP contribution in [-0.4, -0.2) is 31.4 Å². The molecule has 2 heterocycles. The van der Waals surface area contributed by atoms with Crippen molar-refractivity contribution in [1.29, 1.82) is 0 Å². The molecule has 1 unspecified atom stereocenters. The maximum atomic E-state index is 11.5. The van der Waals surface area contributed by atoms with E-state index < -0.39 is 15.7 Å². The Morgan fingerprint density at radius 1 is 1.61 bits per heavy atom. The Morgan fingerprint density at radius 3 is 2.83 bits per heavy atom. The summed E-state index contributed by atoms with van der Waals surface area (Å²) in [6, 6.07) is 1.74. The van der Waals surface area contributed by atoms with E-state index in [9.17, 15) is 13.2 Å². The molecule has 0 aromatic carbocycles. The maximum Gasteiger partial charge on any atom is 0.249 e. The lowest BCUT2D eigenvalue weighted by atomic mass is 10.0. The number of carbonyl (C=O) groups is 1. The number of carbonyl (C=O) groups excluding carboxylic acids is 1. The van der Waals surface area contributed by atoms with Crippen LogP contribution in [0.3, 0.4) is 0 Å². The lowest BCUT2D eigenvalue weighted by molar-refractivity contribution is 0.100. The predicted molar refractivity (Wildman–Crippen MR) is 71.4 cm³/mol. The minimum Gasteiger partial charge on any atom is -0.366 e. The quantitative estimate of drug-likeness (QED) is 0.845. The molecule has 1 aromatic heterocycles. The van der Waals surface area contributed by atoms with Gasteiger partial charge in [-0.3, -0.25) is 4.79 Å². The molecule has 1 saturated heterocycles. The third-order valence-electron chi connectivity index (χ3n) is 3.13. The zero-order valence-corrected chi connectivity index (χ0v) is 11.7. The fraction of sp³-hybridized carbons (Fsp3) is 0.545. The average Bonchev–Trinajstić information content (AvgIpc) is 2.81. The van der Waals surface area contributed by atoms with Crippen molar-refractivity contribution in [1.82, 2.24) is 5.32 Å². The second kappa shape index (κ2) is 4.64. The molecule has 3 N–H and O–H groups in total. The Kier molecular flexibility index (Phi) is 3.48. The minimum absolute atomic E-state index is 0.175. The first-order valence-electron chi connectivity index (χ1n) is 5.62. The lowest BCUT2D eigenvalue weighted by Crippen LogP contribution is -2.42. The summed E-state index contributed by atoms with van der Waals surface area (Å²) in [5.74, 6) is -0.0196. The second-order valence-corrected chi connectivity index (χ2v) is 8.10. The van der Waals surface area contributed by atoms with Gasteiger partial charge in [0, 0.05) is 22.3 Å². The number of thiophene rings is 1. The van der Waals surface area contributed by atoms with Gasteiger partial charge in [-0.1, -0.05) is 0 Å². The van der Waals surface area contributed by atoms with Crippen LogP contribution in [-0.2, 0) is 16.4 Å². The standard InChI is InChI=1S/C11H16N2O3S2/c1-11(2-3-18(15,16)7-11)13-5-9-4-8(6-17-9)10(12)14/h4,6,13H,2-3,5,7H2,1H3,(H2,12,14). The molecule has 0 spiro atoms. The summed E-state index contributed by atoms with van der Waals surface area (Å²) in [5, 5.41) is 4.98. The number of primary amides is 1. The molecule has 2 rings (SSSR count). The molecule has 0 aliphatic carbocycles. The molecule has 5 nitrogen and oxygen atoms in total. The smallest absolute Gasteiger partial charge is 0.249 e. The SMILES string of the molecule is CC1(NCc2cc(C(N)=O)cs2)CCS(=O)(=O)C1. The number of nitrogens with two attached hydrogens (primary N) is 1. The minimum atomic E-state index is -2.90. The monoisotopic (exact) mass is 288 g/mol. The van der Waals surface area contributed by atoms with E-state index >= 15 is 0 Å². The molecule has 1 amide bonds. The van der Waals surface area contributed by atoms with E-state index in [2.05, 4.69) is 5.32 Å². The molecule has 0 radical (unpaired) electrons.